The lowest BCUT2D eigenvalue weighted by molar-refractivity contribution is -0.150. The molecule has 2 aromatic rings. The molecule has 0 spiro atoms. The molecule has 1 saturated carbocycles. The van der Waals surface area contributed by atoms with E-state index in [4.69, 9.17) is 4.74 Å². The third kappa shape index (κ3) is 3.98. The Hall–Kier alpha value is -2.55. The molecule has 3 rings (SSSR count). The molecule has 1 fully saturated rings. The Morgan fingerprint density at radius 2 is 1.96 bits per heavy atom. The van der Waals surface area contributed by atoms with Crippen molar-refractivity contribution in [2.24, 2.45) is 17.3 Å². The van der Waals surface area contributed by atoms with Crippen LogP contribution in [0.4, 0.5) is 0 Å². The smallest absolute Gasteiger partial charge is 0.311 e. The average molecular weight is 349 g/mol. The van der Waals surface area contributed by atoms with Crippen LogP contribution in [0.5, 0.6) is 0 Å². The first kappa shape index (κ1) is 18.2. The highest BCUT2D eigenvalue weighted by Crippen LogP contribution is 2.59. The van der Waals surface area contributed by atoms with Crippen LogP contribution in [0.1, 0.15) is 31.9 Å². The zero-order chi connectivity index (χ0) is 18.7. The molecule has 0 N–H and O–H groups in total. The van der Waals surface area contributed by atoms with Crippen molar-refractivity contribution >= 4 is 5.97 Å². The second-order valence-electron chi connectivity index (χ2n) is 7.73. The van der Waals surface area contributed by atoms with Gasteiger partial charge in [0.25, 0.3) is 0 Å². The second kappa shape index (κ2) is 7.36. The van der Waals surface area contributed by atoms with Crippen LogP contribution in [0.2, 0.25) is 0 Å². The summed E-state index contributed by atoms with van der Waals surface area (Å²) in [6.45, 7) is 10.3. The monoisotopic (exact) mass is 349 g/mol. The van der Waals surface area contributed by atoms with Crippen molar-refractivity contribution in [3.05, 3.63) is 84.2 Å². The summed E-state index contributed by atoms with van der Waals surface area (Å²) in [6, 6.07) is 12.4. The van der Waals surface area contributed by atoms with E-state index >= 15 is 0 Å². The lowest BCUT2D eigenvalue weighted by Gasteiger charge is -2.06. The van der Waals surface area contributed by atoms with Crippen molar-refractivity contribution in [3.8, 4) is 0 Å². The molecule has 3 nitrogen and oxygen atoms in total. The number of allylic oxidation sites excluding steroid dienone is 3. The molecule has 0 amide bonds. The van der Waals surface area contributed by atoms with Crippen LogP contribution >= 0.6 is 0 Å². The number of carbonyl (C=O) groups excluding carboxylic acids is 1. The Morgan fingerprint density at radius 1 is 1.23 bits per heavy atom. The molecule has 1 heterocycles. The van der Waals surface area contributed by atoms with Crippen molar-refractivity contribution < 1.29 is 9.53 Å². The molecule has 0 saturated heterocycles. The molecule has 0 aliphatic heterocycles. The van der Waals surface area contributed by atoms with Gasteiger partial charge in [0, 0.05) is 12.4 Å². The van der Waals surface area contributed by atoms with Gasteiger partial charge in [-0.3, -0.25) is 4.79 Å². The van der Waals surface area contributed by atoms with E-state index in [-0.39, 0.29) is 30.0 Å². The van der Waals surface area contributed by atoms with Gasteiger partial charge in [-0.2, -0.15) is 0 Å². The summed E-state index contributed by atoms with van der Waals surface area (Å²) < 4.78 is 7.49. The largest absolute Gasteiger partial charge is 0.444 e. The van der Waals surface area contributed by atoms with Crippen LogP contribution in [-0.4, -0.2) is 10.5 Å². The Bertz CT molecular complexity index is 814. The number of aromatic nitrogens is 1. The summed E-state index contributed by atoms with van der Waals surface area (Å²) in [7, 11) is 0. The van der Waals surface area contributed by atoms with E-state index < -0.39 is 0 Å². The zero-order valence-corrected chi connectivity index (χ0v) is 15.8. The first-order valence-corrected chi connectivity index (χ1v) is 9.08. The van der Waals surface area contributed by atoms with E-state index in [2.05, 4.69) is 44.7 Å². The highest BCUT2D eigenvalue weighted by molar-refractivity contribution is 5.78. The number of nitrogens with zero attached hydrogens (tertiary/aromatic N) is 1. The number of ether oxygens (including phenoxy) is 1. The normalized spacial score (nSPS) is 21.3. The third-order valence-electron chi connectivity index (χ3n) is 5.35. The Kier molecular flexibility index (Phi) is 5.17. The van der Waals surface area contributed by atoms with Crippen LogP contribution < -0.4 is 0 Å². The summed E-state index contributed by atoms with van der Waals surface area (Å²) >= 11 is 0. The topological polar surface area (TPSA) is 31.2 Å². The van der Waals surface area contributed by atoms with Gasteiger partial charge in [0.05, 0.1) is 5.92 Å². The van der Waals surface area contributed by atoms with E-state index in [1.807, 2.05) is 48.2 Å². The van der Waals surface area contributed by atoms with Crippen molar-refractivity contribution in [2.45, 2.75) is 33.9 Å². The van der Waals surface area contributed by atoms with Crippen molar-refractivity contribution in [2.75, 3.05) is 0 Å². The highest BCUT2D eigenvalue weighted by Gasteiger charge is 2.61. The average Bonchev–Trinajstić information content (AvgIpc) is 2.95. The molecule has 3 heteroatoms. The zero-order valence-electron chi connectivity index (χ0n) is 15.8. The van der Waals surface area contributed by atoms with Gasteiger partial charge in [-0.1, -0.05) is 68.5 Å². The van der Waals surface area contributed by atoms with E-state index in [9.17, 15) is 4.79 Å². The fourth-order valence-electron chi connectivity index (χ4n) is 3.53. The van der Waals surface area contributed by atoms with Crippen LogP contribution in [0.25, 0.3) is 0 Å². The lowest BCUT2D eigenvalue weighted by atomic mass is 10.1. The first-order chi connectivity index (χ1) is 12.4. The SMILES string of the molecule is C=C/C(C)=C\C1C(C(=O)OCn2ccc(Cc3ccccc3)c2)C1(C)C. The van der Waals surface area contributed by atoms with Gasteiger partial charge in [0.1, 0.15) is 0 Å². The summed E-state index contributed by atoms with van der Waals surface area (Å²) in [5.41, 5.74) is 3.54. The molecule has 2 atom stereocenters. The van der Waals surface area contributed by atoms with Gasteiger partial charge in [0.15, 0.2) is 6.73 Å². The predicted octanol–water partition coefficient (Wildman–Crippen LogP) is 4.98. The molecule has 136 valence electrons. The van der Waals surface area contributed by atoms with Crippen LogP contribution in [0.15, 0.2) is 73.1 Å². The molecular weight excluding hydrogens is 322 g/mol. The van der Waals surface area contributed by atoms with Gasteiger partial charge in [-0.25, -0.2) is 0 Å². The van der Waals surface area contributed by atoms with Gasteiger partial charge in [-0.05, 0) is 41.9 Å². The number of hydrogen-bond acceptors (Lipinski definition) is 2. The fraction of sp³-hybridized carbons (Fsp3) is 0.348. The number of benzene rings is 1. The van der Waals surface area contributed by atoms with E-state index in [0.717, 1.165) is 12.0 Å². The minimum Gasteiger partial charge on any atom is -0.444 e. The van der Waals surface area contributed by atoms with Gasteiger partial charge < -0.3 is 9.30 Å². The van der Waals surface area contributed by atoms with Crippen molar-refractivity contribution in [1.82, 2.24) is 4.57 Å². The second-order valence-corrected chi connectivity index (χ2v) is 7.73. The van der Waals surface area contributed by atoms with Gasteiger partial charge in [-0.15, -0.1) is 0 Å². The van der Waals surface area contributed by atoms with Crippen LogP contribution in [-0.2, 0) is 22.7 Å². The first-order valence-electron chi connectivity index (χ1n) is 9.08. The lowest BCUT2D eigenvalue weighted by Crippen LogP contribution is -2.13. The molecule has 0 radical (unpaired) electrons. The maximum absolute atomic E-state index is 12.5. The van der Waals surface area contributed by atoms with Gasteiger partial charge in [0.2, 0.25) is 0 Å². The molecule has 2 unspecified atom stereocenters. The number of esters is 1. The Labute approximate surface area is 156 Å². The van der Waals surface area contributed by atoms with Crippen molar-refractivity contribution in [3.63, 3.8) is 0 Å². The third-order valence-corrected chi connectivity index (χ3v) is 5.35. The minimum absolute atomic E-state index is 0.0451. The summed E-state index contributed by atoms with van der Waals surface area (Å²) in [5, 5.41) is 0. The Morgan fingerprint density at radius 3 is 2.65 bits per heavy atom. The van der Waals surface area contributed by atoms with E-state index in [1.165, 1.54) is 11.1 Å². The minimum atomic E-state index is -0.119. The number of rotatable bonds is 7. The molecule has 26 heavy (non-hydrogen) atoms. The molecule has 0 bridgehead atoms. The number of hydrogen-bond donors (Lipinski definition) is 0. The van der Waals surface area contributed by atoms with E-state index in [0.29, 0.717) is 0 Å². The fourth-order valence-corrected chi connectivity index (χ4v) is 3.53. The Balaban J connectivity index is 1.55. The molecule has 1 aliphatic carbocycles. The van der Waals surface area contributed by atoms with Crippen LogP contribution in [0, 0.1) is 17.3 Å². The summed E-state index contributed by atoms with van der Waals surface area (Å²) in [6.07, 6.45) is 8.84. The van der Waals surface area contributed by atoms with Crippen molar-refractivity contribution in [1.29, 1.82) is 0 Å². The molecule has 1 aromatic heterocycles. The summed E-state index contributed by atoms with van der Waals surface area (Å²) in [4.78, 5) is 12.5. The predicted molar refractivity (Wildman–Crippen MR) is 104 cm³/mol. The molecule has 1 aromatic carbocycles. The van der Waals surface area contributed by atoms with Gasteiger partial charge >= 0.3 is 5.97 Å². The maximum atomic E-state index is 12.5. The standard InChI is InChI=1S/C23H27NO2/c1-5-17(2)13-20-21(23(20,3)4)22(25)26-16-24-12-11-19(15-24)14-18-9-7-6-8-10-18/h5-13,15,20-21H,1,14,16H2,2-4H3/b17-13-. The summed E-state index contributed by atoms with van der Waals surface area (Å²) in [5.74, 6) is 0.0366. The van der Waals surface area contributed by atoms with E-state index in [1.54, 1.807) is 0 Å². The van der Waals surface area contributed by atoms with Crippen LogP contribution in [0.3, 0.4) is 0 Å². The molecule has 1 aliphatic rings. The quantitative estimate of drug-likeness (QED) is 0.521. The number of carbonyl (C=O) groups is 1. The highest BCUT2D eigenvalue weighted by atomic mass is 16.5. The molecular formula is C23H27NO2. The maximum Gasteiger partial charge on any atom is 0.311 e.